The van der Waals surface area contributed by atoms with Crippen molar-refractivity contribution >= 4 is 22.8 Å². The number of esters is 1. The monoisotopic (exact) mass is 796 g/mol. The Morgan fingerprint density at radius 1 is 0.864 bits per heavy atom. The third-order valence-corrected chi connectivity index (χ3v) is 10.5. The van der Waals surface area contributed by atoms with E-state index in [0.717, 1.165) is 18.7 Å². The molecule has 0 unspecified atom stereocenters. The van der Waals surface area contributed by atoms with Gasteiger partial charge in [0.15, 0.2) is 0 Å². The molecule has 6 aromatic rings. The van der Waals surface area contributed by atoms with Gasteiger partial charge in [-0.05, 0) is 71.5 Å². The van der Waals surface area contributed by atoms with Crippen LogP contribution in [-0.4, -0.2) is 76.0 Å². The zero-order chi connectivity index (χ0) is 41.2. The number of fused-ring (bicyclic) bond motifs is 1. The number of ether oxygens (including phenoxy) is 2. The van der Waals surface area contributed by atoms with E-state index < -0.39 is 17.7 Å². The molecule has 6 N–H and O–H groups in total. The number of pyridine rings is 1. The highest BCUT2D eigenvalue weighted by Crippen LogP contribution is 2.34. The van der Waals surface area contributed by atoms with E-state index in [1.54, 1.807) is 72.8 Å². The first kappa shape index (κ1) is 40.9. The molecular weight excluding hydrogens is 749 g/mol. The lowest BCUT2D eigenvalue weighted by Crippen LogP contribution is -2.41. The van der Waals surface area contributed by atoms with Crippen LogP contribution >= 0.6 is 0 Å². The molecule has 0 radical (unpaired) electrons. The van der Waals surface area contributed by atoms with E-state index in [-0.39, 0.29) is 42.0 Å². The predicted molar refractivity (Wildman–Crippen MR) is 224 cm³/mol. The van der Waals surface area contributed by atoms with Crippen molar-refractivity contribution in [2.24, 2.45) is 0 Å². The molecule has 0 spiro atoms. The van der Waals surface area contributed by atoms with Crippen molar-refractivity contribution < 1.29 is 34.4 Å². The van der Waals surface area contributed by atoms with Gasteiger partial charge in [-0.1, -0.05) is 91.0 Å². The number of benzene rings is 5. The van der Waals surface area contributed by atoms with Crippen LogP contribution in [0, 0.1) is 0 Å². The van der Waals surface area contributed by atoms with Gasteiger partial charge < -0.3 is 40.4 Å². The zero-order valence-corrected chi connectivity index (χ0v) is 32.6. The molecule has 0 saturated carbocycles. The van der Waals surface area contributed by atoms with Crippen molar-refractivity contribution in [3.8, 4) is 11.5 Å². The lowest BCUT2D eigenvalue weighted by Gasteiger charge is -2.29. The highest BCUT2D eigenvalue weighted by molar-refractivity contribution is 5.94. The number of rotatable bonds is 17. The zero-order valence-electron chi connectivity index (χ0n) is 32.6. The first-order valence-corrected chi connectivity index (χ1v) is 19.8. The largest absolute Gasteiger partial charge is 0.506 e. The number of hydrogen-bond acceptors (Lipinski definition) is 10. The number of amides is 1. The molecule has 0 bridgehead atoms. The maximum atomic E-state index is 13.9. The molecule has 1 aromatic heterocycles. The Morgan fingerprint density at radius 3 is 2.39 bits per heavy atom. The summed E-state index contributed by atoms with van der Waals surface area (Å²) < 4.78 is 12.0. The van der Waals surface area contributed by atoms with Crippen LogP contribution in [0.25, 0.3) is 10.9 Å². The van der Waals surface area contributed by atoms with E-state index in [0.29, 0.717) is 65.9 Å². The summed E-state index contributed by atoms with van der Waals surface area (Å²) in [5, 5.41) is 39.8. The van der Waals surface area contributed by atoms with Crippen molar-refractivity contribution in [1.82, 2.24) is 20.5 Å². The van der Waals surface area contributed by atoms with Crippen LogP contribution in [0.2, 0.25) is 0 Å². The van der Waals surface area contributed by atoms with Crippen LogP contribution in [0.5, 0.6) is 11.5 Å². The normalized spacial score (nSPS) is 15.7. The standard InChI is InChI=1S/C47H48N4O8/c52-41-21-19-39(40-20-22-43(54)50-44(40)41)42(53)29-48-28-32-15-17-34(18-16-32)45(55)49-24-8-26-58-37-14-7-13-36(27-37)47(57,35-11-5-2-6-12-35)46(56)59-38-23-25-51(31-38)30-33-9-3-1-4-10-33/h1-7,9-22,27,38,42,48,52-53,57H,8,23-26,28-31H2,(H,49,55)(H,50,54)/t38-,42-,47+/m0/s1. The maximum absolute atomic E-state index is 13.9. The van der Waals surface area contributed by atoms with Gasteiger partial charge in [0.05, 0.1) is 18.2 Å². The summed E-state index contributed by atoms with van der Waals surface area (Å²) in [6.45, 7) is 3.44. The summed E-state index contributed by atoms with van der Waals surface area (Å²) in [4.78, 5) is 43.3. The van der Waals surface area contributed by atoms with Gasteiger partial charge in [-0.3, -0.25) is 14.5 Å². The molecule has 5 aromatic carbocycles. The molecule has 1 aliphatic heterocycles. The average Bonchev–Trinajstić information content (AvgIpc) is 3.70. The number of phenols is 1. The van der Waals surface area contributed by atoms with E-state index in [1.165, 1.54) is 17.7 Å². The summed E-state index contributed by atoms with van der Waals surface area (Å²) >= 11 is 0. The maximum Gasteiger partial charge on any atom is 0.348 e. The number of aromatic hydroxyl groups is 1. The Hall–Kier alpha value is -6.31. The van der Waals surface area contributed by atoms with E-state index in [9.17, 15) is 29.7 Å². The second-order valence-corrected chi connectivity index (χ2v) is 14.7. The number of carbonyl (C=O) groups is 2. The van der Waals surface area contributed by atoms with Crippen molar-refractivity contribution in [2.45, 2.75) is 43.7 Å². The minimum Gasteiger partial charge on any atom is -0.506 e. The highest BCUT2D eigenvalue weighted by atomic mass is 16.6. The number of hydrogen-bond donors (Lipinski definition) is 6. The third kappa shape index (κ3) is 10.1. The number of aromatic amines is 1. The highest BCUT2D eigenvalue weighted by Gasteiger charge is 2.43. The van der Waals surface area contributed by atoms with Crippen LogP contribution in [0.1, 0.15) is 57.1 Å². The fraction of sp³-hybridized carbons (Fsp3) is 0.255. The van der Waals surface area contributed by atoms with E-state index in [4.69, 9.17) is 9.47 Å². The topological polar surface area (TPSA) is 173 Å². The fourth-order valence-corrected chi connectivity index (χ4v) is 7.36. The molecule has 1 saturated heterocycles. The number of aliphatic hydroxyl groups excluding tert-OH is 1. The Kier molecular flexibility index (Phi) is 13.1. The van der Waals surface area contributed by atoms with Crippen LogP contribution in [0.4, 0.5) is 0 Å². The van der Waals surface area contributed by atoms with Gasteiger partial charge in [0, 0.05) is 61.8 Å². The molecule has 12 heteroatoms. The van der Waals surface area contributed by atoms with Gasteiger partial charge >= 0.3 is 5.97 Å². The number of aliphatic hydroxyl groups is 2. The SMILES string of the molecule is O=C(NCCCOc1cccc([C@@](O)(C(=O)O[C@H]2CCN(Cc3ccccc3)C2)c2ccccc2)c1)c1ccc(CNC[C@H](O)c2ccc(O)c3[nH]c(=O)ccc23)cc1. The summed E-state index contributed by atoms with van der Waals surface area (Å²) in [6, 6.07) is 38.9. The lowest BCUT2D eigenvalue weighted by atomic mass is 9.86. The molecule has 12 nitrogen and oxygen atoms in total. The number of H-pyrrole nitrogens is 1. The van der Waals surface area contributed by atoms with E-state index in [1.807, 2.05) is 36.4 Å². The molecule has 2 heterocycles. The molecular formula is C47H48N4O8. The van der Waals surface area contributed by atoms with Crippen molar-refractivity contribution in [1.29, 1.82) is 0 Å². The van der Waals surface area contributed by atoms with Gasteiger partial charge in [0.1, 0.15) is 17.6 Å². The van der Waals surface area contributed by atoms with Crippen molar-refractivity contribution in [2.75, 3.05) is 32.8 Å². The van der Waals surface area contributed by atoms with Crippen LogP contribution in [-0.2, 0) is 28.2 Å². The van der Waals surface area contributed by atoms with E-state index in [2.05, 4.69) is 32.7 Å². The van der Waals surface area contributed by atoms with Crippen LogP contribution in [0.3, 0.4) is 0 Å². The minimum atomic E-state index is -2.05. The first-order valence-electron chi connectivity index (χ1n) is 19.8. The second kappa shape index (κ2) is 19.0. The summed E-state index contributed by atoms with van der Waals surface area (Å²) in [5.74, 6) is -0.563. The van der Waals surface area contributed by atoms with Gasteiger partial charge in [-0.25, -0.2) is 4.79 Å². The Bertz CT molecular complexity index is 2410. The molecule has 7 rings (SSSR count). The molecule has 3 atom stereocenters. The second-order valence-electron chi connectivity index (χ2n) is 14.7. The van der Waals surface area contributed by atoms with Gasteiger partial charge in [0.2, 0.25) is 11.2 Å². The molecule has 1 fully saturated rings. The first-order chi connectivity index (χ1) is 28.7. The minimum absolute atomic E-state index is 0.0676. The Balaban J connectivity index is 0.872. The quantitative estimate of drug-likeness (QED) is 0.0525. The summed E-state index contributed by atoms with van der Waals surface area (Å²) in [5.41, 5.74) is 1.79. The summed E-state index contributed by atoms with van der Waals surface area (Å²) in [6.07, 6.45) is -0.0551. The predicted octanol–water partition coefficient (Wildman–Crippen LogP) is 5.31. The number of nitrogens with zero attached hydrogens (tertiary/aromatic N) is 1. The average molecular weight is 797 g/mol. The fourth-order valence-electron chi connectivity index (χ4n) is 7.36. The lowest BCUT2D eigenvalue weighted by molar-refractivity contribution is -0.167. The molecule has 59 heavy (non-hydrogen) atoms. The number of aromatic nitrogens is 1. The van der Waals surface area contributed by atoms with Crippen molar-refractivity contribution in [3.63, 3.8) is 0 Å². The molecule has 1 aliphatic rings. The van der Waals surface area contributed by atoms with Gasteiger partial charge in [-0.2, -0.15) is 0 Å². The Morgan fingerprint density at radius 2 is 1.61 bits per heavy atom. The van der Waals surface area contributed by atoms with Gasteiger partial charge in [-0.15, -0.1) is 0 Å². The molecule has 1 amide bonds. The Labute approximate surface area is 342 Å². The van der Waals surface area contributed by atoms with Crippen LogP contribution in [0.15, 0.2) is 138 Å². The summed E-state index contributed by atoms with van der Waals surface area (Å²) in [7, 11) is 0. The number of carbonyl (C=O) groups excluding carboxylic acids is 2. The number of phenolic OH excluding ortho intramolecular Hbond substituents is 1. The number of nitrogens with one attached hydrogen (secondary N) is 3. The van der Waals surface area contributed by atoms with Crippen LogP contribution < -0.4 is 20.9 Å². The van der Waals surface area contributed by atoms with E-state index >= 15 is 0 Å². The number of likely N-dealkylation sites (tertiary alicyclic amines) is 1. The third-order valence-electron chi connectivity index (χ3n) is 10.5. The smallest absolute Gasteiger partial charge is 0.348 e. The van der Waals surface area contributed by atoms with Crippen molar-refractivity contribution in [3.05, 3.63) is 177 Å². The molecule has 304 valence electrons. The van der Waals surface area contributed by atoms with Gasteiger partial charge in [0.25, 0.3) is 5.91 Å². The molecule has 0 aliphatic carbocycles.